The molecule has 0 aromatic carbocycles. The SMILES string of the molecule is CC1CC(C(=O)NC2CNC(N3NCCN3)C(Cl)C2)CNC1C1CCCC2C(=O)NCCC21. The lowest BCUT2D eigenvalue weighted by molar-refractivity contribution is -0.132. The number of alkyl halides is 1. The molecule has 9 unspecified atom stereocenters. The molecule has 9 atom stereocenters. The number of carbonyl (C=O) groups is 2. The molecule has 9 nitrogen and oxygen atoms in total. The van der Waals surface area contributed by atoms with E-state index in [0.29, 0.717) is 30.3 Å². The lowest BCUT2D eigenvalue weighted by Crippen LogP contribution is -2.64. The molecule has 186 valence electrons. The molecule has 5 fully saturated rings. The Morgan fingerprint density at radius 3 is 2.61 bits per heavy atom. The molecule has 0 bridgehead atoms. The molecular weight excluding hydrogens is 442 g/mol. The summed E-state index contributed by atoms with van der Waals surface area (Å²) in [6.45, 7) is 6.31. The topological polar surface area (TPSA) is 110 Å². The zero-order chi connectivity index (χ0) is 22.9. The van der Waals surface area contributed by atoms with Crippen molar-refractivity contribution in [3.63, 3.8) is 0 Å². The van der Waals surface area contributed by atoms with E-state index in [2.05, 4.69) is 39.0 Å². The minimum absolute atomic E-state index is 0.0145. The molecule has 33 heavy (non-hydrogen) atoms. The zero-order valence-corrected chi connectivity index (χ0v) is 20.4. The zero-order valence-electron chi connectivity index (χ0n) is 19.6. The summed E-state index contributed by atoms with van der Waals surface area (Å²) in [5, 5.41) is 15.4. The van der Waals surface area contributed by atoms with Crippen LogP contribution in [0.5, 0.6) is 0 Å². The van der Waals surface area contributed by atoms with Gasteiger partial charge in [-0.15, -0.1) is 11.6 Å². The van der Waals surface area contributed by atoms with Gasteiger partial charge in [-0.1, -0.05) is 13.3 Å². The number of halogens is 1. The molecule has 0 radical (unpaired) electrons. The first-order chi connectivity index (χ1) is 16.0. The lowest BCUT2D eigenvalue weighted by atomic mass is 9.63. The normalized spacial score (nSPS) is 44.7. The highest BCUT2D eigenvalue weighted by molar-refractivity contribution is 6.21. The third-order valence-corrected chi connectivity index (χ3v) is 9.09. The van der Waals surface area contributed by atoms with Crippen molar-refractivity contribution in [2.75, 3.05) is 32.7 Å². The van der Waals surface area contributed by atoms with E-state index in [1.165, 1.54) is 6.42 Å². The van der Waals surface area contributed by atoms with Crippen LogP contribution in [0.4, 0.5) is 0 Å². The van der Waals surface area contributed by atoms with Crippen molar-refractivity contribution in [1.29, 1.82) is 0 Å². The summed E-state index contributed by atoms with van der Waals surface area (Å²) in [6, 6.07) is 0.448. The fourth-order valence-electron chi connectivity index (χ4n) is 7.07. The Hall–Kier alpha value is -0.970. The van der Waals surface area contributed by atoms with Gasteiger partial charge in [-0.25, -0.2) is 10.9 Å². The second kappa shape index (κ2) is 10.3. The smallest absolute Gasteiger partial charge is 0.224 e. The van der Waals surface area contributed by atoms with Crippen molar-refractivity contribution >= 4 is 23.4 Å². The number of carbonyl (C=O) groups excluding carboxylic acids is 2. The van der Waals surface area contributed by atoms with Crippen molar-refractivity contribution in [1.82, 2.24) is 37.2 Å². The largest absolute Gasteiger partial charge is 0.356 e. The first-order valence-electron chi connectivity index (χ1n) is 13.0. The monoisotopic (exact) mass is 481 g/mol. The number of piperidine rings is 3. The Labute approximate surface area is 201 Å². The third kappa shape index (κ3) is 5.04. The minimum atomic E-state index is -0.0955. The maximum Gasteiger partial charge on any atom is 0.224 e. The Morgan fingerprint density at radius 2 is 1.85 bits per heavy atom. The first kappa shape index (κ1) is 23.8. The summed E-state index contributed by atoms with van der Waals surface area (Å²) in [6.07, 6.45) is 6.11. The second-order valence-corrected chi connectivity index (χ2v) is 11.3. The van der Waals surface area contributed by atoms with E-state index < -0.39 is 0 Å². The molecule has 6 N–H and O–H groups in total. The Bertz CT molecular complexity index is 721. The number of nitrogens with one attached hydrogen (secondary N) is 6. The Morgan fingerprint density at radius 1 is 1.03 bits per heavy atom. The summed E-state index contributed by atoms with van der Waals surface area (Å²) in [5.74, 6) is 2.01. The summed E-state index contributed by atoms with van der Waals surface area (Å²) < 4.78 is 0. The van der Waals surface area contributed by atoms with Gasteiger partial charge in [0.25, 0.3) is 0 Å². The van der Waals surface area contributed by atoms with Crippen LogP contribution in [0.1, 0.15) is 45.4 Å². The number of rotatable bonds is 4. The van der Waals surface area contributed by atoms with Gasteiger partial charge in [0.2, 0.25) is 11.8 Å². The van der Waals surface area contributed by atoms with E-state index in [9.17, 15) is 9.59 Å². The molecule has 0 aromatic rings. The molecule has 1 saturated carbocycles. The predicted octanol–water partition coefficient (Wildman–Crippen LogP) is -0.111. The summed E-state index contributed by atoms with van der Waals surface area (Å²) in [5.41, 5.74) is 6.55. The molecule has 5 rings (SSSR count). The number of hydrazine groups is 2. The van der Waals surface area contributed by atoms with Crippen LogP contribution in [0.15, 0.2) is 0 Å². The van der Waals surface area contributed by atoms with E-state index in [1.807, 2.05) is 5.12 Å². The van der Waals surface area contributed by atoms with E-state index in [-0.39, 0.29) is 41.2 Å². The number of fused-ring (bicyclic) bond motifs is 1. The van der Waals surface area contributed by atoms with Crippen molar-refractivity contribution in [2.24, 2.45) is 29.6 Å². The van der Waals surface area contributed by atoms with Crippen molar-refractivity contribution < 1.29 is 9.59 Å². The first-order valence-corrected chi connectivity index (χ1v) is 13.4. The molecule has 10 heteroatoms. The summed E-state index contributed by atoms with van der Waals surface area (Å²) in [7, 11) is 0. The maximum absolute atomic E-state index is 13.1. The van der Waals surface area contributed by atoms with E-state index >= 15 is 0 Å². The average Bonchev–Trinajstić information content (AvgIpc) is 3.34. The van der Waals surface area contributed by atoms with Crippen LogP contribution in [-0.4, -0.2) is 73.3 Å². The highest BCUT2D eigenvalue weighted by atomic mass is 35.5. The van der Waals surface area contributed by atoms with Crippen LogP contribution in [0.3, 0.4) is 0 Å². The highest BCUT2D eigenvalue weighted by Gasteiger charge is 2.45. The third-order valence-electron chi connectivity index (χ3n) is 8.67. The highest BCUT2D eigenvalue weighted by Crippen LogP contribution is 2.43. The van der Waals surface area contributed by atoms with Crippen LogP contribution in [0, 0.1) is 29.6 Å². The quantitative estimate of drug-likeness (QED) is 0.311. The van der Waals surface area contributed by atoms with Crippen LogP contribution in [0.2, 0.25) is 0 Å². The van der Waals surface area contributed by atoms with Gasteiger partial charge in [0.1, 0.15) is 6.17 Å². The van der Waals surface area contributed by atoms with Crippen LogP contribution in [-0.2, 0) is 9.59 Å². The van der Waals surface area contributed by atoms with Gasteiger partial charge < -0.3 is 16.0 Å². The molecule has 0 aromatic heterocycles. The van der Waals surface area contributed by atoms with Gasteiger partial charge in [-0.3, -0.25) is 14.9 Å². The van der Waals surface area contributed by atoms with Crippen molar-refractivity contribution in [3.05, 3.63) is 0 Å². The number of hydrogen-bond donors (Lipinski definition) is 6. The van der Waals surface area contributed by atoms with Gasteiger partial charge in [0.05, 0.1) is 11.3 Å². The second-order valence-electron chi connectivity index (χ2n) is 10.8. The Kier molecular flexibility index (Phi) is 7.44. The molecule has 1 aliphatic carbocycles. The van der Waals surface area contributed by atoms with Crippen molar-refractivity contribution in [3.8, 4) is 0 Å². The minimum Gasteiger partial charge on any atom is -0.356 e. The predicted molar refractivity (Wildman–Crippen MR) is 127 cm³/mol. The van der Waals surface area contributed by atoms with Crippen LogP contribution >= 0.6 is 11.6 Å². The average molecular weight is 482 g/mol. The molecule has 0 spiro atoms. The fraction of sp³-hybridized carbons (Fsp3) is 0.913. The van der Waals surface area contributed by atoms with E-state index in [0.717, 1.165) is 58.3 Å². The van der Waals surface area contributed by atoms with Gasteiger partial charge >= 0.3 is 0 Å². The van der Waals surface area contributed by atoms with Crippen molar-refractivity contribution in [2.45, 2.75) is 69.1 Å². The lowest BCUT2D eigenvalue weighted by Gasteiger charge is -2.48. The van der Waals surface area contributed by atoms with Crippen LogP contribution in [0.25, 0.3) is 0 Å². The van der Waals surface area contributed by atoms with Gasteiger partial charge in [-0.2, -0.15) is 5.12 Å². The van der Waals surface area contributed by atoms with E-state index in [4.69, 9.17) is 11.6 Å². The summed E-state index contributed by atoms with van der Waals surface area (Å²) in [4.78, 5) is 25.5. The standard InChI is InChI=1S/C23H40ClN7O2/c1-13-9-14(11-26-20(13)17-3-2-4-18-16(17)5-6-25-23(18)33)22(32)30-15-10-19(24)21(27-12-15)31-28-7-8-29-31/h13-21,26-29H,2-12H2,1H3,(H,25,33)(H,30,32). The molecule has 4 heterocycles. The van der Waals surface area contributed by atoms with Crippen LogP contribution < -0.4 is 32.1 Å². The number of amides is 2. The molecule has 2 amide bonds. The molecule has 4 aliphatic heterocycles. The maximum atomic E-state index is 13.1. The molecule has 4 saturated heterocycles. The number of hydrogen-bond acceptors (Lipinski definition) is 7. The van der Waals surface area contributed by atoms with Gasteiger partial charge in [-0.05, 0) is 49.9 Å². The number of nitrogens with zero attached hydrogens (tertiary/aromatic N) is 1. The summed E-state index contributed by atoms with van der Waals surface area (Å²) >= 11 is 6.64. The molecular formula is C23H40ClN7O2. The van der Waals surface area contributed by atoms with Gasteiger partial charge in [0.15, 0.2) is 0 Å². The fourth-order valence-corrected chi connectivity index (χ4v) is 7.49. The van der Waals surface area contributed by atoms with E-state index in [1.54, 1.807) is 0 Å². The molecule has 5 aliphatic rings. The van der Waals surface area contributed by atoms with Gasteiger partial charge in [0, 0.05) is 50.7 Å². The Balaban J connectivity index is 1.12.